The first kappa shape index (κ1) is 5.76. The Balaban J connectivity index is 2.36. The van der Waals surface area contributed by atoms with Crippen molar-refractivity contribution in [3.63, 3.8) is 0 Å². The van der Waals surface area contributed by atoms with Crippen molar-refractivity contribution >= 4 is 6.21 Å². The molecule has 0 aromatic rings. The number of hydrogen-bond donors (Lipinski definition) is 0. The smallest absolute Gasteiger partial charge is 0.138 e. The SMILES string of the molecule is CC(C)C1C=NCO1. The van der Waals surface area contributed by atoms with E-state index in [9.17, 15) is 0 Å². The van der Waals surface area contributed by atoms with Crippen LogP contribution in [-0.4, -0.2) is 19.0 Å². The number of aliphatic imine (C=N–C) groups is 1. The van der Waals surface area contributed by atoms with Crippen LogP contribution in [-0.2, 0) is 4.74 Å². The summed E-state index contributed by atoms with van der Waals surface area (Å²) >= 11 is 0. The Bertz CT molecular complexity index is 98.7. The second-order valence-corrected chi connectivity index (χ2v) is 2.34. The maximum atomic E-state index is 5.19. The highest BCUT2D eigenvalue weighted by Gasteiger charge is 2.13. The Morgan fingerprint density at radius 3 is 2.75 bits per heavy atom. The Kier molecular flexibility index (Phi) is 1.63. The second kappa shape index (κ2) is 2.27. The second-order valence-electron chi connectivity index (χ2n) is 2.34. The van der Waals surface area contributed by atoms with Crippen molar-refractivity contribution in [2.45, 2.75) is 20.0 Å². The van der Waals surface area contributed by atoms with Crippen molar-refractivity contribution in [2.24, 2.45) is 10.9 Å². The largest absolute Gasteiger partial charge is 0.350 e. The summed E-state index contributed by atoms with van der Waals surface area (Å²) in [4.78, 5) is 3.94. The van der Waals surface area contributed by atoms with Crippen molar-refractivity contribution in [2.75, 3.05) is 6.73 Å². The summed E-state index contributed by atoms with van der Waals surface area (Å²) in [5.41, 5.74) is 0. The van der Waals surface area contributed by atoms with Crippen LogP contribution in [0.4, 0.5) is 0 Å². The molecule has 2 heteroatoms. The third-order valence-electron chi connectivity index (χ3n) is 1.25. The van der Waals surface area contributed by atoms with E-state index < -0.39 is 0 Å². The molecule has 0 radical (unpaired) electrons. The average Bonchev–Trinajstić information content (AvgIpc) is 2.12. The van der Waals surface area contributed by atoms with Crippen LogP contribution in [0.25, 0.3) is 0 Å². The fourth-order valence-corrected chi connectivity index (χ4v) is 0.684. The van der Waals surface area contributed by atoms with E-state index >= 15 is 0 Å². The fraction of sp³-hybridized carbons (Fsp3) is 0.833. The van der Waals surface area contributed by atoms with E-state index in [0.717, 1.165) is 0 Å². The molecule has 0 spiro atoms. The minimum Gasteiger partial charge on any atom is -0.350 e. The number of ether oxygens (including phenoxy) is 1. The predicted molar refractivity (Wildman–Crippen MR) is 33.1 cm³/mol. The van der Waals surface area contributed by atoms with E-state index in [-0.39, 0.29) is 6.10 Å². The Morgan fingerprint density at radius 1 is 1.75 bits per heavy atom. The summed E-state index contributed by atoms with van der Waals surface area (Å²) in [6.45, 7) is 4.81. The summed E-state index contributed by atoms with van der Waals surface area (Å²) in [6.07, 6.45) is 2.15. The third kappa shape index (κ3) is 1.07. The Morgan fingerprint density at radius 2 is 2.50 bits per heavy atom. The molecule has 0 aromatic heterocycles. The Labute approximate surface area is 49.6 Å². The fourth-order valence-electron chi connectivity index (χ4n) is 0.684. The molecule has 0 bridgehead atoms. The van der Waals surface area contributed by atoms with Crippen molar-refractivity contribution < 1.29 is 4.74 Å². The van der Waals surface area contributed by atoms with Gasteiger partial charge in [-0.25, -0.2) is 0 Å². The average molecular weight is 113 g/mol. The van der Waals surface area contributed by atoms with E-state index in [2.05, 4.69) is 18.8 Å². The molecular formula is C6H11NO. The van der Waals surface area contributed by atoms with Crippen LogP contribution < -0.4 is 0 Å². The standard InChI is InChI=1S/C6H11NO/c1-5(2)6-3-7-4-8-6/h3,5-6H,4H2,1-2H3. The van der Waals surface area contributed by atoms with Crippen molar-refractivity contribution in [3.8, 4) is 0 Å². The molecule has 46 valence electrons. The molecule has 0 aromatic carbocycles. The van der Waals surface area contributed by atoms with Gasteiger partial charge >= 0.3 is 0 Å². The lowest BCUT2D eigenvalue weighted by Crippen LogP contribution is -2.15. The van der Waals surface area contributed by atoms with Gasteiger partial charge in [0, 0.05) is 6.21 Å². The van der Waals surface area contributed by atoms with E-state index in [1.807, 2.05) is 6.21 Å². The van der Waals surface area contributed by atoms with Gasteiger partial charge in [0.1, 0.15) is 6.73 Å². The summed E-state index contributed by atoms with van der Waals surface area (Å²) in [5.74, 6) is 0.571. The van der Waals surface area contributed by atoms with Gasteiger partial charge in [-0.2, -0.15) is 0 Å². The lowest BCUT2D eigenvalue weighted by Gasteiger charge is -2.08. The quantitative estimate of drug-likeness (QED) is 0.498. The molecule has 1 rings (SSSR count). The summed E-state index contributed by atoms with van der Waals surface area (Å²) < 4.78 is 5.19. The highest BCUT2D eigenvalue weighted by atomic mass is 16.5. The zero-order chi connectivity index (χ0) is 5.98. The summed E-state index contributed by atoms with van der Waals surface area (Å²) in [5, 5.41) is 0. The lowest BCUT2D eigenvalue weighted by molar-refractivity contribution is 0.0965. The number of nitrogens with zero attached hydrogens (tertiary/aromatic N) is 1. The van der Waals surface area contributed by atoms with Crippen LogP contribution >= 0.6 is 0 Å². The Hall–Kier alpha value is -0.370. The van der Waals surface area contributed by atoms with Crippen LogP contribution in [0.3, 0.4) is 0 Å². The maximum absolute atomic E-state index is 5.19. The van der Waals surface area contributed by atoms with E-state index in [4.69, 9.17) is 4.74 Å². The van der Waals surface area contributed by atoms with Crippen LogP contribution in [0.2, 0.25) is 0 Å². The normalized spacial score (nSPS) is 27.6. The maximum Gasteiger partial charge on any atom is 0.138 e. The molecule has 1 aliphatic heterocycles. The van der Waals surface area contributed by atoms with Crippen LogP contribution in [0.1, 0.15) is 13.8 Å². The van der Waals surface area contributed by atoms with Gasteiger partial charge in [-0.15, -0.1) is 0 Å². The van der Waals surface area contributed by atoms with Crippen molar-refractivity contribution in [3.05, 3.63) is 0 Å². The molecule has 1 aliphatic rings. The molecule has 0 saturated heterocycles. The van der Waals surface area contributed by atoms with Crippen LogP contribution in [0.15, 0.2) is 4.99 Å². The first-order chi connectivity index (χ1) is 3.80. The molecule has 0 fully saturated rings. The van der Waals surface area contributed by atoms with Gasteiger partial charge in [-0.1, -0.05) is 13.8 Å². The highest BCUT2D eigenvalue weighted by Crippen LogP contribution is 2.07. The van der Waals surface area contributed by atoms with Gasteiger partial charge in [-0.05, 0) is 5.92 Å². The van der Waals surface area contributed by atoms with Gasteiger partial charge in [-0.3, -0.25) is 4.99 Å². The molecule has 0 saturated carbocycles. The molecule has 1 unspecified atom stereocenters. The van der Waals surface area contributed by atoms with Gasteiger partial charge in [0.15, 0.2) is 0 Å². The lowest BCUT2D eigenvalue weighted by atomic mass is 10.1. The van der Waals surface area contributed by atoms with Gasteiger partial charge in [0.2, 0.25) is 0 Å². The van der Waals surface area contributed by atoms with E-state index in [1.165, 1.54) is 0 Å². The van der Waals surface area contributed by atoms with E-state index in [0.29, 0.717) is 12.6 Å². The molecule has 8 heavy (non-hydrogen) atoms. The molecule has 0 amide bonds. The van der Waals surface area contributed by atoms with Crippen molar-refractivity contribution in [1.82, 2.24) is 0 Å². The highest BCUT2D eigenvalue weighted by molar-refractivity contribution is 5.64. The van der Waals surface area contributed by atoms with Gasteiger partial charge < -0.3 is 4.74 Å². The van der Waals surface area contributed by atoms with Crippen LogP contribution in [0, 0.1) is 5.92 Å². The number of rotatable bonds is 1. The zero-order valence-electron chi connectivity index (χ0n) is 5.29. The molecule has 2 nitrogen and oxygen atoms in total. The van der Waals surface area contributed by atoms with Gasteiger partial charge in [0.25, 0.3) is 0 Å². The number of hydrogen-bond acceptors (Lipinski definition) is 2. The summed E-state index contributed by atoms with van der Waals surface area (Å²) in [6, 6.07) is 0. The molecular weight excluding hydrogens is 102 g/mol. The minimum atomic E-state index is 0.273. The molecule has 1 atom stereocenters. The molecule has 0 N–H and O–H groups in total. The van der Waals surface area contributed by atoms with Crippen molar-refractivity contribution in [1.29, 1.82) is 0 Å². The first-order valence-corrected chi connectivity index (χ1v) is 2.92. The van der Waals surface area contributed by atoms with Gasteiger partial charge in [0.05, 0.1) is 6.10 Å². The minimum absolute atomic E-state index is 0.273. The predicted octanol–water partition coefficient (Wildman–Crippen LogP) is 1.07. The van der Waals surface area contributed by atoms with Crippen LogP contribution in [0.5, 0.6) is 0 Å². The monoisotopic (exact) mass is 113 g/mol. The van der Waals surface area contributed by atoms with E-state index in [1.54, 1.807) is 0 Å². The molecule has 0 aliphatic carbocycles. The zero-order valence-corrected chi connectivity index (χ0v) is 5.29. The summed E-state index contributed by atoms with van der Waals surface area (Å²) in [7, 11) is 0. The first-order valence-electron chi connectivity index (χ1n) is 2.92. The topological polar surface area (TPSA) is 21.6 Å². The molecule has 1 heterocycles. The third-order valence-corrected chi connectivity index (χ3v) is 1.25.